The van der Waals surface area contributed by atoms with Gasteiger partial charge in [-0.05, 0) is 30.9 Å². The summed E-state index contributed by atoms with van der Waals surface area (Å²) in [6, 6.07) is 10.2. The van der Waals surface area contributed by atoms with Crippen molar-refractivity contribution in [1.82, 2.24) is 14.5 Å². The van der Waals surface area contributed by atoms with Gasteiger partial charge >= 0.3 is 0 Å². The standard InChI is InChI=1S/C22H27N3O2S/c1-5-7-13-25(17(6-2)16-11-9-8-10-12-16)22(27)19-15(3)18-20(28-19)23-14-24(4)21(18)26/h8-12,14,17H,5-7,13H2,1-4H3. The van der Waals surface area contributed by atoms with Gasteiger partial charge < -0.3 is 9.47 Å². The maximum Gasteiger partial charge on any atom is 0.264 e. The molecule has 0 bridgehead atoms. The molecule has 1 amide bonds. The molecule has 148 valence electrons. The molecule has 2 heterocycles. The molecular formula is C22H27N3O2S. The van der Waals surface area contributed by atoms with E-state index in [0.717, 1.165) is 30.4 Å². The maximum atomic E-state index is 13.6. The van der Waals surface area contributed by atoms with Gasteiger partial charge in [-0.25, -0.2) is 4.98 Å². The largest absolute Gasteiger partial charge is 0.331 e. The zero-order valence-electron chi connectivity index (χ0n) is 16.9. The van der Waals surface area contributed by atoms with Crippen LogP contribution in [-0.2, 0) is 7.05 Å². The molecule has 1 atom stereocenters. The SMILES string of the molecule is CCCCN(C(=O)c1sc2ncn(C)c(=O)c2c1C)C(CC)c1ccccc1. The van der Waals surface area contributed by atoms with Crippen molar-refractivity contribution in [2.24, 2.45) is 7.05 Å². The molecule has 0 aliphatic carbocycles. The van der Waals surface area contributed by atoms with E-state index in [4.69, 9.17) is 0 Å². The molecule has 0 radical (unpaired) electrons. The zero-order chi connectivity index (χ0) is 20.3. The minimum Gasteiger partial charge on any atom is -0.331 e. The fourth-order valence-electron chi connectivity index (χ4n) is 3.58. The number of hydrogen-bond acceptors (Lipinski definition) is 4. The molecule has 0 fully saturated rings. The summed E-state index contributed by atoms with van der Waals surface area (Å²) in [5, 5.41) is 0.557. The third-order valence-electron chi connectivity index (χ3n) is 5.17. The first kappa shape index (κ1) is 20.3. The predicted molar refractivity (Wildman–Crippen MR) is 115 cm³/mol. The topological polar surface area (TPSA) is 55.2 Å². The van der Waals surface area contributed by atoms with Crippen molar-refractivity contribution in [2.45, 2.75) is 46.1 Å². The van der Waals surface area contributed by atoms with Gasteiger partial charge in [0.25, 0.3) is 11.5 Å². The van der Waals surface area contributed by atoms with E-state index < -0.39 is 0 Å². The fraction of sp³-hybridized carbons (Fsp3) is 0.409. The normalized spacial score (nSPS) is 12.3. The number of benzene rings is 1. The van der Waals surface area contributed by atoms with Crippen LogP contribution in [0.1, 0.15) is 60.0 Å². The predicted octanol–water partition coefficient (Wildman–Crippen LogP) is 4.70. The zero-order valence-corrected chi connectivity index (χ0v) is 17.8. The van der Waals surface area contributed by atoms with Gasteiger partial charge in [-0.15, -0.1) is 11.3 Å². The number of nitrogens with zero attached hydrogens (tertiary/aromatic N) is 3. The Hall–Kier alpha value is -2.47. The summed E-state index contributed by atoms with van der Waals surface area (Å²) in [6.07, 6.45) is 4.31. The Kier molecular flexibility index (Phi) is 6.29. The van der Waals surface area contributed by atoms with Gasteiger partial charge in [0.05, 0.1) is 22.6 Å². The maximum absolute atomic E-state index is 13.6. The quantitative estimate of drug-likeness (QED) is 0.581. The second-order valence-electron chi connectivity index (χ2n) is 7.08. The Morgan fingerprint density at radius 2 is 1.96 bits per heavy atom. The van der Waals surface area contributed by atoms with E-state index in [1.54, 1.807) is 7.05 Å². The molecule has 2 aromatic heterocycles. The first-order chi connectivity index (χ1) is 13.5. The van der Waals surface area contributed by atoms with E-state index in [0.29, 0.717) is 21.6 Å². The van der Waals surface area contributed by atoms with Crippen LogP contribution >= 0.6 is 11.3 Å². The monoisotopic (exact) mass is 397 g/mol. The van der Waals surface area contributed by atoms with Gasteiger partial charge in [-0.2, -0.15) is 0 Å². The van der Waals surface area contributed by atoms with Crippen molar-refractivity contribution < 1.29 is 4.79 Å². The van der Waals surface area contributed by atoms with Crippen LogP contribution < -0.4 is 5.56 Å². The van der Waals surface area contributed by atoms with Crippen LogP contribution in [0.3, 0.4) is 0 Å². The average Bonchev–Trinajstić information content (AvgIpc) is 3.05. The summed E-state index contributed by atoms with van der Waals surface area (Å²) < 4.78 is 1.46. The van der Waals surface area contributed by atoms with Crippen LogP contribution in [0.4, 0.5) is 0 Å². The molecule has 3 rings (SSSR count). The summed E-state index contributed by atoms with van der Waals surface area (Å²) in [5.41, 5.74) is 1.78. The number of rotatable bonds is 7. The van der Waals surface area contributed by atoms with Crippen molar-refractivity contribution in [3.63, 3.8) is 0 Å². The Morgan fingerprint density at radius 3 is 2.61 bits per heavy atom. The fourth-order valence-corrected chi connectivity index (χ4v) is 4.68. The van der Waals surface area contributed by atoms with Crippen molar-refractivity contribution in [3.05, 3.63) is 63.0 Å². The minimum atomic E-state index is -0.104. The van der Waals surface area contributed by atoms with Crippen molar-refractivity contribution in [1.29, 1.82) is 0 Å². The molecule has 0 aliphatic rings. The Balaban J connectivity index is 2.07. The van der Waals surface area contributed by atoms with Crippen LogP contribution in [0.15, 0.2) is 41.5 Å². The number of amides is 1. The summed E-state index contributed by atoms with van der Waals surface area (Å²) in [6.45, 7) is 6.79. The van der Waals surface area contributed by atoms with E-state index in [1.165, 1.54) is 22.2 Å². The molecule has 0 aliphatic heterocycles. The van der Waals surface area contributed by atoms with Crippen molar-refractivity contribution >= 4 is 27.5 Å². The molecule has 0 saturated heterocycles. The summed E-state index contributed by atoms with van der Waals surface area (Å²) in [5.74, 6) is -0.00768. The lowest BCUT2D eigenvalue weighted by atomic mass is 10.0. The molecule has 1 aromatic carbocycles. The van der Waals surface area contributed by atoms with Crippen LogP contribution in [0, 0.1) is 6.92 Å². The lowest BCUT2D eigenvalue weighted by Gasteiger charge is -2.31. The second-order valence-corrected chi connectivity index (χ2v) is 8.08. The van der Waals surface area contributed by atoms with E-state index >= 15 is 0 Å². The molecule has 6 heteroatoms. The van der Waals surface area contributed by atoms with Crippen LogP contribution in [0.5, 0.6) is 0 Å². The van der Waals surface area contributed by atoms with Crippen LogP contribution in [-0.4, -0.2) is 26.9 Å². The lowest BCUT2D eigenvalue weighted by molar-refractivity contribution is 0.0671. The number of fused-ring (bicyclic) bond motifs is 1. The van der Waals surface area contributed by atoms with Gasteiger partial charge in [0, 0.05) is 13.6 Å². The molecular weight excluding hydrogens is 370 g/mol. The number of unbranched alkanes of at least 4 members (excludes halogenated alkanes) is 1. The van der Waals surface area contributed by atoms with E-state index in [9.17, 15) is 9.59 Å². The molecule has 5 nitrogen and oxygen atoms in total. The molecule has 0 saturated carbocycles. The third kappa shape index (κ3) is 3.74. The number of hydrogen-bond donors (Lipinski definition) is 0. The van der Waals surface area contributed by atoms with Gasteiger partial charge in [0.15, 0.2) is 0 Å². The Morgan fingerprint density at radius 1 is 1.25 bits per heavy atom. The highest BCUT2D eigenvalue weighted by Gasteiger charge is 2.28. The molecule has 0 N–H and O–H groups in total. The summed E-state index contributed by atoms with van der Waals surface area (Å²) >= 11 is 1.32. The van der Waals surface area contributed by atoms with E-state index in [2.05, 4.69) is 31.0 Å². The minimum absolute atomic E-state index is 0.00768. The van der Waals surface area contributed by atoms with Crippen LogP contribution in [0.2, 0.25) is 0 Å². The molecule has 1 unspecified atom stereocenters. The van der Waals surface area contributed by atoms with Gasteiger partial charge in [-0.3, -0.25) is 9.59 Å². The van der Waals surface area contributed by atoms with E-state index in [1.807, 2.05) is 30.0 Å². The second kappa shape index (κ2) is 8.69. The first-order valence-corrected chi connectivity index (χ1v) is 10.6. The Bertz CT molecular complexity index is 1020. The van der Waals surface area contributed by atoms with Gasteiger partial charge in [-0.1, -0.05) is 50.6 Å². The number of thiophene rings is 1. The number of carbonyl (C=O) groups is 1. The lowest BCUT2D eigenvalue weighted by Crippen LogP contribution is -2.35. The highest BCUT2D eigenvalue weighted by Crippen LogP contribution is 2.32. The highest BCUT2D eigenvalue weighted by atomic mass is 32.1. The molecule has 0 spiro atoms. The van der Waals surface area contributed by atoms with E-state index in [-0.39, 0.29) is 17.5 Å². The summed E-state index contributed by atoms with van der Waals surface area (Å²) in [4.78, 5) is 33.7. The molecule has 28 heavy (non-hydrogen) atoms. The van der Waals surface area contributed by atoms with Crippen molar-refractivity contribution in [2.75, 3.05) is 6.54 Å². The van der Waals surface area contributed by atoms with Crippen molar-refractivity contribution in [3.8, 4) is 0 Å². The molecule has 3 aromatic rings. The number of aromatic nitrogens is 2. The smallest absolute Gasteiger partial charge is 0.264 e. The highest BCUT2D eigenvalue weighted by molar-refractivity contribution is 7.20. The number of aryl methyl sites for hydroxylation is 2. The Labute approximate surface area is 169 Å². The van der Waals surface area contributed by atoms with Crippen LogP contribution in [0.25, 0.3) is 10.2 Å². The average molecular weight is 398 g/mol. The number of carbonyl (C=O) groups excluding carboxylic acids is 1. The van der Waals surface area contributed by atoms with Gasteiger partial charge in [0.1, 0.15) is 4.83 Å². The first-order valence-electron chi connectivity index (χ1n) is 9.80. The third-order valence-corrected chi connectivity index (χ3v) is 6.35. The van der Waals surface area contributed by atoms with Gasteiger partial charge in [0.2, 0.25) is 0 Å². The summed E-state index contributed by atoms with van der Waals surface area (Å²) in [7, 11) is 1.68.